The van der Waals surface area contributed by atoms with Crippen LogP contribution in [0.2, 0.25) is 10.0 Å². The van der Waals surface area contributed by atoms with Gasteiger partial charge in [-0.2, -0.15) is 0 Å². The van der Waals surface area contributed by atoms with Crippen molar-refractivity contribution in [1.29, 1.82) is 0 Å². The van der Waals surface area contributed by atoms with E-state index in [9.17, 15) is 0 Å². The van der Waals surface area contributed by atoms with Crippen molar-refractivity contribution in [3.63, 3.8) is 0 Å². The summed E-state index contributed by atoms with van der Waals surface area (Å²) in [4.78, 5) is 0. The van der Waals surface area contributed by atoms with Crippen LogP contribution in [-0.2, 0) is 13.2 Å². The molecule has 4 nitrogen and oxygen atoms in total. The third-order valence-corrected chi connectivity index (χ3v) is 3.05. The van der Waals surface area contributed by atoms with Crippen LogP contribution in [0.5, 0.6) is 5.75 Å². The molecule has 2 rings (SSSR count). The Bertz CT molecular complexity index is 529. The van der Waals surface area contributed by atoms with Gasteiger partial charge in [-0.1, -0.05) is 34.4 Å². The molecule has 1 N–H and O–H groups in total. The number of nitrogens with zero attached hydrogens (tertiary/aromatic N) is 1. The first-order valence-electron chi connectivity index (χ1n) is 5.36. The van der Waals surface area contributed by atoms with E-state index < -0.39 is 0 Å². The van der Waals surface area contributed by atoms with Crippen LogP contribution < -0.4 is 10.1 Å². The fourth-order valence-corrected chi connectivity index (χ4v) is 1.78. The Morgan fingerprint density at radius 2 is 2.22 bits per heavy atom. The first-order valence-corrected chi connectivity index (χ1v) is 6.12. The van der Waals surface area contributed by atoms with Crippen LogP contribution >= 0.6 is 23.2 Å². The molecule has 1 aromatic carbocycles. The minimum absolute atomic E-state index is 0.261. The monoisotopic (exact) mass is 286 g/mol. The highest BCUT2D eigenvalue weighted by molar-refractivity contribution is 6.42. The number of ether oxygens (including phenoxy) is 1. The maximum absolute atomic E-state index is 6.00. The third kappa shape index (κ3) is 3.16. The van der Waals surface area contributed by atoms with Gasteiger partial charge in [0.1, 0.15) is 17.4 Å². The Hall–Kier alpha value is -1.23. The molecule has 0 aliphatic heterocycles. The fraction of sp³-hybridized carbons (Fsp3) is 0.250. The Morgan fingerprint density at radius 1 is 1.39 bits per heavy atom. The van der Waals surface area contributed by atoms with Gasteiger partial charge in [0.2, 0.25) is 0 Å². The maximum Gasteiger partial charge on any atom is 0.174 e. The van der Waals surface area contributed by atoms with E-state index in [0.29, 0.717) is 28.1 Å². The molecule has 0 aliphatic carbocycles. The summed E-state index contributed by atoms with van der Waals surface area (Å²) >= 11 is 11.9. The summed E-state index contributed by atoms with van der Waals surface area (Å²) < 4.78 is 10.6. The van der Waals surface area contributed by atoms with Crippen molar-refractivity contribution in [2.75, 3.05) is 7.05 Å². The van der Waals surface area contributed by atoms with Crippen molar-refractivity contribution < 1.29 is 9.26 Å². The largest absolute Gasteiger partial charge is 0.484 e. The van der Waals surface area contributed by atoms with E-state index in [1.807, 2.05) is 13.1 Å². The number of aromatic nitrogens is 1. The number of hydrogen-bond donors (Lipinski definition) is 1. The lowest BCUT2D eigenvalue weighted by atomic mass is 10.3. The van der Waals surface area contributed by atoms with Crippen LogP contribution in [0.3, 0.4) is 0 Å². The quantitative estimate of drug-likeness (QED) is 0.916. The standard InChI is InChI=1S/C12H12Cl2N2O2/c1-15-6-8-5-9(18-16-8)7-17-11-4-2-3-10(13)12(11)14/h2-5,15H,6-7H2,1H3. The number of nitrogens with one attached hydrogen (secondary N) is 1. The van der Waals surface area contributed by atoms with Crippen molar-refractivity contribution in [3.8, 4) is 5.75 Å². The van der Waals surface area contributed by atoms with Crippen molar-refractivity contribution >= 4 is 23.2 Å². The molecular formula is C12H12Cl2N2O2. The lowest BCUT2D eigenvalue weighted by Gasteiger charge is -2.06. The molecule has 0 spiro atoms. The van der Waals surface area contributed by atoms with Crippen molar-refractivity contribution in [1.82, 2.24) is 10.5 Å². The maximum atomic E-state index is 6.00. The second kappa shape index (κ2) is 6.09. The van der Waals surface area contributed by atoms with Crippen LogP contribution in [0.1, 0.15) is 11.5 Å². The minimum atomic E-state index is 0.261. The molecule has 0 radical (unpaired) electrons. The molecule has 1 heterocycles. The van der Waals surface area contributed by atoms with E-state index in [1.165, 1.54) is 0 Å². The second-order valence-corrected chi connectivity index (χ2v) is 4.44. The van der Waals surface area contributed by atoms with Gasteiger partial charge in [-0.3, -0.25) is 0 Å². The van der Waals surface area contributed by atoms with Gasteiger partial charge in [0.15, 0.2) is 5.76 Å². The first-order chi connectivity index (χ1) is 8.70. The summed E-state index contributed by atoms with van der Waals surface area (Å²) in [7, 11) is 1.84. The van der Waals surface area contributed by atoms with Gasteiger partial charge in [0.05, 0.1) is 10.7 Å². The van der Waals surface area contributed by atoms with Gasteiger partial charge in [-0.05, 0) is 19.2 Å². The molecule has 18 heavy (non-hydrogen) atoms. The Kier molecular flexibility index (Phi) is 4.47. The van der Waals surface area contributed by atoms with E-state index in [-0.39, 0.29) is 6.61 Å². The average Bonchev–Trinajstić information content (AvgIpc) is 2.79. The zero-order valence-corrected chi connectivity index (χ0v) is 11.3. The minimum Gasteiger partial charge on any atom is -0.484 e. The first kappa shape index (κ1) is 13.2. The molecule has 0 atom stereocenters. The summed E-state index contributed by atoms with van der Waals surface area (Å²) in [5.41, 5.74) is 0.827. The van der Waals surface area contributed by atoms with E-state index in [1.54, 1.807) is 18.2 Å². The highest BCUT2D eigenvalue weighted by atomic mass is 35.5. The van der Waals surface area contributed by atoms with Gasteiger partial charge < -0.3 is 14.6 Å². The SMILES string of the molecule is CNCc1cc(COc2cccc(Cl)c2Cl)on1. The molecule has 0 saturated carbocycles. The Morgan fingerprint density at radius 3 is 3.00 bits per heavy atom. The normalized spacial score (nSPS) is 10.6. The zero-order chi connectivity index (χ0) is 13.0. The summed E-state index contributed by atoms with van der Waals surface area (Å²) in [6, 6.07) is 7.06. The highest BCUT2D eigenvalue weighted by Gasteiger charge is 2.08. The van der Waals surface area contributed by atoms with Gasteiger partial charge in [-0.15, -0.1) is 0 Å². The average molecular weight is 287 g/mol. The summed E-state index contributed by atoms with van der Waals surface area (Å²) in [5.74, 6) is 1.16. The van der Waals surface area contributed by atoms with E-state index >= 15 is 0 Å². The van der Waals surface area contributed by atoms with Crippen LogP contribution in [0, 0.1) is 0 Å². The molecule has 0 fully saturated rings. The fourth-order valence-electron chi connectivity index (χ4n) is 1.43. The zero-order valence-electron chi connectivity index (χ0n) is 9.74. The third-order valence-electron chi connectivity index (χ3n) is 2.25. The van der Waals surface area contributed by atoms with Crippen molar-refractivity contribution in [2.24, 2.45) is 0 Å². The summed E-state index contributed by atoms with van der Waals surface area (Å²) in [6.07, 6.45) is 0. The molecule has 96 valence electrons. The lowest BCUT2D eigenvalue weighted by molar-refractivity contribution is 0.248. The van der Waals surface area contributed by atoms with Gasteiger partial charge in [-0.25, -0.2) is 0 Å². The van der Waals surface area contributed by atoms with Crippen molar-refractivity contribution in [2.45, 2.75) is 13.2 Å². The molecule has 6 heteroatoms. The summed E-state index contributed by atoms with van der Waals surface area (Å²) in [6.45, 7) is 0.915. The Balaban J connectivity index is 2.00. The van der Waals surface area contributed by atoms with Crippen LogP contribution in [-0.4, -0.2) is 12.2 Å². The number of halogens is 2. The number of rotatable bonds is 5. The van der Waals surface area contributed by atoms with E-state index in [0.717, 1.165) is 5.69 Å². The smallest absolute Gasteiger partial charge is 0.174 e. The van der Waals surface area contributed by atoms with E-state index in [2.05, 4.69) is 10.5 Å². The molecule has 1 aromatic heterocycles. The van der Waals surface area contributed by atoms with Gasteiger partial charge >= 0.3 is 0 Å². The van der Waals surface area contributed by atoms with Crippen molar-refractivity contribution in [3.05, 3.63) is 45.8 Å². The number of hydrogen-bond acceptors (Lipinski definition) is 4. The molecule has 0 aliphatic rings. The second-order valence-electron chi connectivity index (χ2n) is 3.66. The number of benzene rings is 1. The molecule has 0 bridgehead atoms. The molecule has 0 unspecified atom stereocenters. The summed E-state index contributed by atoms with van der Waals surface area (Å²) in [5, 5.41) is 7.73. The van der Waals surface area contributed by atoms with Crippen LogP contribution in [0.25, 0.3) is 0 Å². The Labute approximate surface area is 115 Å². The topological polar surface area (TPSA) is 47.3 Å². The van der Waals surface area contributed by atoms with Crippen LogP contribution in [0.15, 0.2) is 28.8 Å². The molecule has 2 aromatic rings. The molecule has 0 saturated heterocycles. The predicted molar refractivity (Wildman–Crippen MR) is 70.1 cm³/mol. The van der Waals surface area contributed by atoms with E-state index in [4.69, 9.17) is 32.5 Å². The lowest BCUT2D eigenvalue weighted by Crippen LogP contribution is -2.04. The van der Waals surface area contributed by atoms with Gasteiger partial charge in [0.25, 0.3) is 0 Å². The highest BCUT2D eigenvalue weighted by Crippen LogP contribution is 2.31. The van der Waals surface area contributed by atoms with Crippen LogP contribution in [0.4, 0.5) is 0 Å². The predicted octanol–water partition coefficient (Wildman–Crippen LogP) is 3.28. The molecular weight excluding hydrogens is 275 g/mol. The van der Waals surface area contributed by atoms with Gasteiger partial charge in [0, 0.05) is 12.6 Å². The molecule has 0 amide bonds.